The Morgan fingerprint density at radius 1 is 1.27 bits per heavy atom. The molecule has 6 atom stereocenters. The molecule has 0 heterocycles. The Labute approximate surface area is 156 Å². The molecule has 3 aliphatic carbocycles. The Balaban J connectivity index is 2.06. The van der Waals surface area contributed by atoms with Gasteiger partial charge in [0.25, 0.3) is 0 Å². The standard InChI is InChI=1S/C21H34O5/c1-13(2)21(23)10-7-15-14(12-21)16(26-24)11-17-19(15,3)8-6-9-20(17,4)18(22)25-5/h12-13,15-17,23-24H,6-11H2,1-5H3/t15-,16+,17+,19+,20+,21-/m0/s1. The molecule has 0 unspecified atom stereocenters. The van der Waals surface area contributed by atoms with Crippen molar-refractivity contribution >= 4 is 5.97 Å². The lowest BCUT2D eigenvalue weighted by molar-refractivity contribution is -0.287. The molecule has 0 radical (unpaired) electrons. The third-order valence-corrected chi connectivity index (χ3v) is 8.03. The summed E-state index contributed by atoms with van der Waals surface area (Å²) < 4.78 is 5.16. The third-order valence-electron chi connectivity index (χ3n) is 8.03. The van der Waals surface area contributed by atoms with Crippen LogP contribution in [-0.4, -0.2) is 35.1 Å². The normalized spacial score (nSPS) is 45.5. The van der Waals surface area contributed by atoms with Crippen LogP contribution in [0.1, 0.15) is 66.2 Å². The number of fused-ring (bicyclic) bond motifs is 3. The van der Waals surface area contributed by atoms with E-state index in [1.165, 1.54) is 7.11 Å². The van der Waals surface area contributed by atoms with Gasteiger partial charge in [0.2, 0.25) is 0 Å². The van der Waals surface area contributed by atoms with Crippen molar-refractivity contribution in [3.8, 4) is 0 Å². The number of hydrogen-bond donors (Lipinski definition) is 2. The zero-order valence-corrected chi connectivity index (χ0v) is 16.7. The number of aliphatic hydroxyl groups is 1. The van der Waals surface area contributed by atoms with Crippen LogP contribution in [0.2, 0.25) is 0 Å². The predicted octanol–water partition coefficient (Wildman–Crippen LogP) is 3.96. The summed E-state index contributed by atoms with van der Waals surface area (Å²) in [4.78, 5) is 17.6. The molecular formula is C21H34O5. The zero-order chi connectivity index (χ0) is 19.3. The summed E-state index contributed by atoms with van der Waals surface area (Å²) in [6, 6.07) is 0. The van der Waals surface area contributed by atoms with E-state index in [1.807, 2.05) is 26.8 Å². The molecule has 3 rings (SSSR count). The maximum Gasteiger partial charge on any atom is 0.311 e. The van der Waals surface area contributed by atoms with Crippen LogP contribution in [-0.2, 0) is 14.4 Å². The van der Waals surface area contributed by atoms with Gasteiger partial charge in [0.05, 0.1) is 18.1 Å². The van der Waals surface area contributed by atoms with E-state index in [0.717, 1.165) is 31.3 Å². The summed E-state index contributed by atoms with van der Waals surface area (Å²) in [6.07, 6.45) is 6.46. The van der Waals surface area contributed by atoms with E-state index >= 15 is 0 Å². The molecule has 0 aromatic heterocycles. The number of carbonyl (C=O) groups is 1. The van der Waals surface area contributed by atoms with E-state index < -0.39 is 17.1 Å². The first kappa shape index (κ1) is 19.8. The molecule has 0 amide bonds. The fraction of sp³-hybridized carbons (Fsp3) is 0.857. The number of ether oxygens (including phenoxy) is 1. The molecule has 5 heteroatoms. The molecule has 0 aromatic rings. The number of hydrogen-bond acceptors (Lipinski definition) is 5. The van der Waals surface area contributed by atoms with Crippen LogP contribution in [0.4, 0.5) is 0 Å². The average molecular weight is 366 g/mol. The zero-order valence-electron chi connectivity index (χ0n) is 16.7. The van der Waals surface area contributed by atoms with Crippen LogP contribution in [0.5, 0.6) is 0 Å². The van der Waals surface area contributed by atoms with Gasteiger partial charge >= 0.3 is 5.97 Å². The molecule has 0 saturated heterocycles. The Morgan fingerprint density at radius 3 is 2.54 bits per heavy atom. The van der Waals surface area contributed by atoms with Gasteiger partial charge in [0, 0.05) is 0 Å². The summed E-state index contributed by atoms with van der Waals surface area (Å²) in [5.74, 6) is 0.238. The van der Waals surface area contributed by atoms with Crippen molar-refractivity contribution in [3.05, 3.63) is 11.6 Å². The lowest BCUT2D eigenvalue weighted by Gasteiger charge is -2.60. The van der Waals surface area contributed by atoms with Crippen molar-refractivity contribution in [3.63, 3.8) is 0 Å². The van der Waals surface area contributed by atoms with Crippen LogP contribution in [0, 0.1) is 28.6 Å². The Kier molecular flexibility index (Phi) is 5.04. The molecule has 0 aromatic carbocycles. The van der Waals surface area contributed by atoms with Crippen molar-refractivity contribution in [1.29, 1.82) is 0 Å². The minimum Gasteiger partial charge on any atom is -0.469 e. The van der Waals surface area contributed by atoms with Crippen LogP contribution < -0.4 is 0 Å². The van der Waals surface area contributed by atoms with Gasteiger partial charge in [-0.2, -0.15) is 0 Å². The summed E-state index contributed by atoms with van der Waals surface area (Å²) in [5.41, 5.74) is -0.453. The quantitative estimate of drug-likeness (QED) is 0.342. The fourth-order valence-corrected chi connectivity index (χ4v) is 6.28. The van der Waals surface area contributed by atoms with Gasteiger partial charge in [0.1, 0.15) is 6.10 Å². The van der Waals surface area contributed by atoms with E-state index in [-0.39, 0.29) is 29.1 Å². The minimum absolute atomic E-state index is 0.0552. The highest BCUT2D eigenvalue weighted by Crippen LogP contribution is 2.64. The van der Waals surface area contributed by atoms with Gasteiger partial charge in [0.15, 0.2) is 0 Å². The summed E-state index contributed by atoms with van der Waals surface area (Å²) >= 11 is 0. The molecule has 2 N–H and O–H groups in total. The molecule has 0 bridgehead atoms. The molecule has 2 fully saturated rings. The van der Waals surface area contributed by atoms with E-state index in [1.54, 1.807) is 0 Å². The predicted molar refractivity (Wildman–Crippen MR) is 98.3 cm³/mol. The molecule has 2 saturated carbocycles. The first-order valence-electron chi connectivity index (χ1n) is 9.96. The van der Waals surface area contributed by atoms with Gasteiger partial charge in [-0.15, -0.1) is 0 Å². The van der Waals surface area contributed by atoms with Gasteiger partial charge < -0.3 is 9.84 Å². The number of carbonyl (C=O) groups excluding carboxylic acids is 1. The maximum atomic E-state index is 12.7. The Bertz CT molecular complexity index is 599. The first-order chi connectivity index (χ1) is 12.1. The number of methoxy groups -OCH3 is 1. The molecule has 3 aliphatic rings. The highest BCUT2D eigenvalue weighted by molar-refractivity contribution is 5.77. The largest absolute Gasteiger partial charge is 0.469 e. The van der Waals surface area contributed by atoms with E-state index in [0.29, 0.717) is 12.8 Å². The van der Waals surface area contributed by atoms with Crippen molar-refractivity contribution < 1.29 is 24.8 Å². The van der Waals surface area contributed by atoms with Crippen molar-refractivity contribution in [2.45, 2.75) is 77.9 Å². The Morgan fingerprint density at radius 2 is 1.96 bits per heavy atom. The van der Waals surface area contributed by atoms with Gasteiger partial charge in [-0.25, -0.2) is 4.89 Å². The fourth-order valence-electron chi connectivity index (χ4n) is 6.28. The third kappa shape index (κ3) is 2.74. The lowest BCUT2D eigenvalue weighted by atomic mass is 9.45. The molecular weight excluding hydrogens is 332 g/mol. The Hall–Kier alpha value is -0.910. The summed E-state index contributed by atoms with van der Waals surface area (Å²) in [5, 5.41) is 20.7. The highest BCUT2D eigenvalue weighted by Gasteiger charge is 2.61. The van der Waals surface area contributed by atoms with Crippen LogP contribution in [0.3, 0.4) is 0 Å². The summed E-state index contributed by atoms with van der Waals surface area (Å²) in [6.45, 7) is 8.34. The minimum atomic E-state index is -0.855. The van der Waals surface area contributed by atoms with Crippen LogP contribution in [0.15, 0.2) is 11.6 Å². The average Bonchev–Trinajstić information content (AvgIpc) is 2.60. The molecule has 26 heavy (non-hydrogen) atoms. The topological polar surface area (TPSA) is 76.0 Å². The summed E-state index contributed by atoms with van der Waals surface area (Å²) in [7, 11) is 1.46. The molecule has 0 aliphatic heterocycles. The molecule has 148 valence electrons. The molecule has 5 nitrogen and oxygen atoms in total. The van der Waals surface area contributed by atoms with Gasteiger partial charge in [-0.3, -0.25) is 10.1 Å². The van der Waals surface area contributed by atoms with Crippen LogP contribution in [0.25, 0.3) is 0 Å². The highest BCUT2D eigenvalue weighted by atomic mass is 17.1. The van der Waals surface area contributed by atoms with Crippen molar-refractivity contribution in [2.75, 3.05) is 7.11 Å². The second-order valence-electron chi connectivity index (χ2n) is 9.53. The monoisotopic (exact) mass is 366 g/mol. The lowest BCUT2D eigenvalue weighted by Crippen LogP contribution is -2.58. The second-order valence-corrected chi connectivity index (χ2v) is 9.53. The van der Waals surface area contributed by atoms with Crippen molar-refractivity contribution in [1.82, 2.24) is 0 Å². The van der Waals surface area contributed by atoms with Gasteiger partial charge in [-0.05, 0) is 67.8 Å². The maximum absolute atomic E-state index is 12.7. The van der Waals surface area contributed by atoms with Gasteiger partial charge in [-0.1, -0.05) is 33.3 Å². The van der Waals surface area contributed by atoms with E-state index in [2.05, 4.69) is 6.92 Å². The van der Waals surface area contributed by atoms with E-state index in [4.69, 9.17) is 9.62 Å². The SMILES string of the molecule is COC(=O)[C@]1(C)CCC[C@@]2(C)[C@H]1C[C@@H](OO)C1=C[C@](O)(C(C)C)CC[C@@H]12. The number of esters is 1. The van der Waals surface area contributed by atoms with E-state index in [9.17, 15) is 15.2 Å². The molecule has 0 spiro atoms. The number of rotatable bonds is 3. The van der Waals surface area contributed by atoms with Crippen molar-refractivity contribution in [2.24, 2.45) is 28.6 Å². The first-order valence-corrected chi connectivity index (χ1v) is 9.96. The second kappa shape index (κ2) is 6.61. The smallest absolute Gasteiger partial charge is 0.311 e. The van der Waals surface area contributed by atoms with Crippen LogP contribution >= 0.6 is 0 Å².